The van der Waals surface area contributed by atoms with E-state index in [2.05, 4.69) is 0 Å². The van der Waals surface area contributed by atoms with Gasteiger partial charge in [0.1, 0.15) is 6.23 Å². The molecule has 64 valence electrons. The van der Waals surface area contributed by atoms with Crippen LogP contribution in [0.3, 0.4) is 0 Å². The maximum Gasteiger partial charge on any atom is 0.102 e. The molecule has 10 heavy (non-hydrogen) atoms. The second-order valence-corrected chi connectivity index (χ2v) is 1.84. The molecule has 0 saturated heterocycles. The van der Waals surface area contributed by atoms with Gasteiger partial charge in [-0.2, -0.15) is 0 Å². The molecular weight excluding hydrogens is 132 g/mol. The van der Waals surface area contributed by atoms with E-state index in [4.69, 9.17) is 21.7 Å². The summed E-state index contributed by atoms with van der Waals surface area (Å²) in [5, 5.41) is 16.1. The average molecular weight is 150 g/mol. The second kappa shape index (κ2) is 11.6. The lowest BCUT2D eigenvalue weighted by atomic mass is 10.5. The van der Waals surface area contributed by atoms with Crippen molar-refractivity contribution in [2.24, 2.45) is 11.5 Å². The number of aliphatic hydroxyl groups is 2. The summed E-state index contributed by atoms with van der Waals surface area (Å²) in [4.78, 5) is 0. The molecule has 0 aromatic heterocycles. The second-order valence-electron chi connectivity index (χ2n) is 1.84. The van der Waals surface area contributed by atoms with Crippen LogP contribution < -0.4 is 11.5 Å². The molecule has 0 radical (unpaired) electrons. The Kier molecular flexibility index (Phi) is 14.5. The van der Waals surface area contributed by atoms with Gasteiger partial charge in [0.25, 0.3) is 0 Å². The van der Waals surface area contributed by atoms with Gasteiger partial charge in [-0.05, 0) is 19.4 Å². The van der Waals surface area contributed by atoms with E-state index < -0.39 is 6.23 Å². The molecule has 4 heteroatoms. The average Bonchev–Trinajstić information content (AvgIpc) is 1.91. The molecule has 6 N–H and O–H groups in total. The van der Waals surface area contributed by atoms with Crippen molar-refractivity contribution >= 4 is 0 Å². The van der Waals surface area contributed by atoms with Crippen LogP contribution in [0.4, 0.5) is 0 Å². The van der Waals surface area contributed by atoms with E-state index >= 15 is 0 Å². The zero-order chi connectivity index (χ0) is 8.41. The van der Waals surface area contributed by atoms with E-state index in [1.165, 1.54) is 0 Å². The van der Waals surface area contributed by atoms with Gasteiger partial charge < -0.3 is 21.7 Å². The molecule has 0 rings (SSSR count). The minimum Gasteiger partial charge on any atom is -0.396 e. The van der Waals surface area contributed by atoms with Crippen molar-refractivity contribution in [1.29, 1.82) is 0 Å². The quantitative estimate of drug-likeness (QED) is 0.388. The summed E-state index contributed by atoms with van der Waals surface area (Å²) in [7, 11) is 0. The molecule has 0 aliphatic rings. The van der Waals surface area contributed by atoms with Gasteiger partial charge in [0.05, 0.1) is 0 Å². The molecule has 0 aliphatic heterocycles. The summed E-state index contributed by atoms with van der Waals surface area (Å²) < 4.78 is 0. The Labute approximate surface area is 61.8 Å². The summed E-state index contributed by atoms with van der Waals surface area (Å²) in [6, 6.07) is 0. The molecule has 1 atom stereocenters. The van der Waals surface area contributed by atoms with Crippen LogP contribution in [0.2, 0.25) is 0 Å². The smallest absolute Gasteiger partial charge is 0.102 e. The predicted octanol–water partition coefficient (Wildman–Crippen LogP) is -0.999. The van der Waals surface area contributed by atoms with Gasteiger partial charge in [0.2, 0.25) is 0 Å². The van der Waals surface area contributed by atoms with Gasteiger partial charge >= 0.3 is 0 Å². The first-order valence-electron chi connectivity index (χ1n) is 3.43. The SMILES string of the molecule is CCC(N)O.NCCCO. The minimum absolute atomic E-state index is 0.219. The Morgan fingerprint density at radius 1 is 1.50 bits per heavy atom. The molecule has 0 aromatic carbocycles. The Morgan fingerprint density at radius 3 is 1.90 bits per heavy atom. The predicted molar refractivity (Wildman–Crippen MR) is 41.2 cm³/mol. The monoisotopic (exact) mass is 150 g/mol. The molecule has 0 aliphatic carbocycles. The van der Waals surface area contributed by atoms with Gasteiger partial charge in [0, 0.05) is 6.61 Å². The molecular formula is C6H18N2O2. The number of rotatable bonds is 3. The van der Waals surface area contributed by atoms with E-state index in [0.717, 1.165) is 6.42 Å². The molecule has 0 saturated carbocycles. The van der Waals surface area contributed by atoms with Crippen LogP contribution in [0.1, 0.15) is 19.8 Å². The highest BCUT2D eigenvalue weighted by atomic mass is 16.3. The van der Waals surface area contributed by atoms with Gasteiger partial charge in [0.15, 0.2) is 0 Å². The molecule has 0 fully saturated rings. The lowest BCUT2D eigenvalue weighted by molar-refractivity contribution is 0.178. The molecule has 0 bridgehead atoms. The lowest BCUT2D eigenvalue weighted by Crippen LogP contribution is -2.16. The molecule has 0 heterocycles. The van der Waals surface area contributed by atoms with Crippen LogP contribution >= 0.6 is 0 Å². The van der Waals surface area contributed by atoms with Crippen molar-refractivity contribution in [3.63, 3.8) is 0 Å². The zero-order valence-electron chi connectivity index (χ0n) is 6.45. The number of hydrogen-bond acceptors (Lipinski definition) is 4. The van der Waals surface area contributed by atoms with Crippen molar-refractivity contribution in [2.75, 3.05) is 13.2 Å². The summed E-state index contributed by atoms with van der Waals surface area (Å²) >= 11 is 0. The van der Waals surface area contributed by atoms with Crippen molar-refractivity contribution in [2.45, 2.75) is 26.0 Å². The van der Waals surface area contributed by atoms with Crippen LogP contribution in [0.25, 0.3) is 0 Å². The van der Waals surface area contributed by atoms with Crippen LogP contribution in [0, 0.1) is 0 Å². The van der Waals surface area contributed by atoms with Crippen molar-refractivity contribution < 1.29 is 10.2 Å². The Hall–Kier alpha value is -0.160. The van der Waals surface area contributed by atoms with Gasteiger partial charge in [-0.3, -0.25) is 0 Å². The van der Waals surface area contributed by atoms with Crippen molar-refractivity contribution in [3.8, 4) is 0 Å². The third kappa shape index (κ3) is 24.9. The summed E-state index contributed by atoms with van der Waals surface area (Å²) in [5.41, 5.74) is 9.83. The highest BCUT2D eigenvalue weighted by Gasteiger charge is 1.81. The molecule has 0 spiro atoms. The van der Waals surface area contributed by atoms with Gasteiger partial charge in [-0.15, -0.1) is 0 Å². The van der Waals surface area contributed by atoms with Crippen LogP contribution in [0.5, 0.6) is 0 Å². The Bertz CT molecular complexity index is 49.0. The molecule has 0 amide bonds. The summed E-state index contributed by atoms with van der Waals surface area (Å²) in [6.45, 7) is 2.64. The summed E-state index contributed by atoms with van der Waals surface area (Å²) in [5.74, 6) is 0. The Morgan fingerprint density at radius 2 is 1.90 bits per heavy atom. The topological polar surface area (TPSA) is 92.5 Å². The standard InChI is InChI=1S/2C3H9NO/c1-2-3(4)5;4-2-1-3-5/h3,5H,2,4H2,1H3;5H,1-4H2. The fourth-order valence-corrected chi connectivity index (χ4v) is 0.0913. The van der Waals surface area contributed by atoms with Crippen LogP contribution in [-0.4, -0.2) is 29.6 Å². The first-order valence-corrected chi connectivity index (χ1v) is 3.43. The van der Waals surface area contributed by atoms with Crippen LogP contribution in [-0.2, 0) is 0 Å². The molecule has 4 nitrogen and oxygen atoms in total. The van der Waals surface area contributed by atoms with Crippen molar-refractivity contribution in [3.05, 3.63) is 0 Å². The highest BCUT2D eigenvalue weighted by molar-refractivity contribution is 4.31. The number of nitrogens with two attached hydrogens (primary N) is 2. The van der Waals surface area contributed by atoms with E-state index in [1.807, 2.05) is 6.92 Å². The first-order chi connectivity index (χ1) is 4.68. The maximum atomic E-state index is 8.14. The first kappa shape index (κ1) is 12.5. The highest BCUT2D eigenvalue weighted by Crippen LogP contribution is 1.72. The van der Waals surface area contributed by atoms with E-state index in [9.17, 15) is 0 Å². The van der Waals surface area contributed by atoms with Crippen molar-refractivity contribution in [1.82, 2.24) is 0 Å². The van der Waals surface area contributed by atoms with E-state index in [-0.39, 0.29) is 6.61 Å². The molecule has 1 unspecified atom stereocenters. The normalized spacial score (nSPS) is 11.7. The zero-order valence-corrected chi connectivity index (χ0v) is 6.45. The third-order valence-corrected chi connectivity index (χ3v) is 0.781. The third-order valence-electron chi connectivity index (χ3n) is 0.781. The van der Waals surface area contributed by atoms with Crippen LogP contribution in [0.15, 0.2) is 0 Å². The van der Waals surface area contributed by atoms with Gasteiger partial charge in [-0.25, -0.2) is 0 Å². The number of aliphatic hydroxyl groups excluding tert-OH is 2. The van der Waals surface area contributed by atoms with E-state index in [1.54, 1.807) is 0 Å². The number of hydrogen-bond donors (Lipinski definition) is 4. The maximum absolute atomic E-state index is 8.14. The minimum atomic E-state index is -0.616. The largest absolute Gasteiger partial charge is 0.396 e. The molecule has 0 aromatic rings. The fourth-order valence-electron chi connectivity index (χ4n) is 0.0913. The Balaban J connectivity index is 0. The van der Waals surface area contributed by atoms with E-state index in [0.29, 0.717) is 13.0 Å². The lowest BCUT2D eigenvalue weighted by Gasteiger charge is -1.91. The summed E-state index contributed by atoms with van der Waals surface area (Å²) in [6.07, 6.45) is 0.745. The van der Waals surface area contributed by atoms with Gasteiger partial charge in [-0.1, -0.05) is 6.92 Å². The fraction of sp³-hybridized carbons (Fsp3) is 1.00.